The second-order valence-electron chi connectivity index (χ2n) is 2.08. The van der Waals surface area contributed by atoms with Crippen molar-refractivity contribution in [3.8, 4) is 0 Å². The summed E-state index contributed by atoms with van der Waals surface area (Å²) in [6.07, 6.45) is 2.45. The van der Waals surface area contributed by atoms with Crippen LogP contribution in [0.5, 0.6) is 0 Å². The van der Waals surface area contributed by atoms with Gasteiger partial charge in [0.05, 0.1) is 0 Å². The van der Waals surface area contributed by atoms with Gasteiger partial charge in [-0.3, -0.25) is 0 Å². The Morgan fingerprint density at radius 3 is 2.55 bits per heavy atom. The van der Waals surface area contributed by atoms with E-state index < -0.39 is 9.84 Å². The second-order valence-corrected chi connectivity index (χ2v) is 4.48. The van der Waals surface area contributed by atoms with E-state index >= 15 is 0 Å². The summed E-state index contributed by atoms with van der Waals surface area (Å²) in [6, 6.07) is 2.84. The lowest BCUT2D eigenvalue weighted by Crippen LogP contribution is -1.99. The van der Waals surface area contributed by atoms with Crippen molar-refractivity contribution in [2.24, 2.45) is 0 Å². The van der Waals surface area contributed by atoms with Gasteiger partial charge < -0.3 is 0 Å². The maximum absolute atomic E-state index is 10.9. The molecule has 0 fully saturated rings. The van der Waals surface area contributed by atoms with Crippen molar-refractivity contribution in [3.05, 3.63) is 23.4 Å². The van der Waals surface area contributed by atoms with Gasteiger partial charge in [0.25, 0.3) is 0 Å². The maximum Gasteiger partial charge on any atom is 0.192 e. The largest absolute Gasteiger partial charge is 0.245 e. The molecule has 0 aromatic carbocycles. The third kappa shape index (κ3) is 2.17. The SMILES string of the molecule is CS(=O)(=O)c1cc(Cl)ccn1. The van der Waals surface area contributed by atoms with E-state index in [1.165, 1.54) is 18.3 Å². The van der Waals surface area contributed by atoms with Crippen molar-refractivity contribution in [1.29, 1.82) is 0 Å². The number of hydrogen-bond acceptors (Lipinski definition) is 3. The molecule has 0 atom stereocenters. The molecule has 0 N–H and O–H groups in total. The quantitative estimate of drug-likeness (QED) is 0.669. The van der Waals surface area contributed by atoms with Crippen LogP contribution < -0.4 is 0 Å². The van der Waals surface area contributed by atoms with Gasteiger partial charge in [0, 0.05) is 17.5 Å². The molecule has 0 aliphatic rings. The molecule has 0 amide bonds. The van der Waals surface area contributed by atoms with Crippen LogP contribution in [0.2, 0.25) is 5.02 Å². The van der Waals surface area contributed by atoms with Crippen LogP contribution in [0.4, 0.5) is 0 Å². The average Bonchev–Trinajstić information content (AvgIpc) is 1.86. The van der Waals surface area contributed by atoms with Gasteiger partial charge in [-0.2, -0.15) is 0 Å². The predicted octanol–water partition coefficient (Wildman–Crippen LogP) is 1.14. The Balaban J connectivity index is 3.28. The van der Waals surface area contributed by atoms with Gasteiger partial charge in [-0.05, 0) is 12.1 Å². The van der Waals surface area contributed by atoms with E-state index in [1.807, 2.05) is 0 Å². The number of hydrogen-bond donors (Lipinski definition) is 0. The minimum absolute atomic E-state index is 0.00463. The molecule has 11 heavy (non-hydrogen) atoms. The van der Waals surface area contributed by atoms with Crippen LogP contribution in [0.3, 0.4) is 0 Å². The first-order valence-electron chi connectivity index (χ1n) is 2.82. The molecule has 0 aliphatic carbocycles. The summed E-state index contributed by atoms with van der Waals surface area (Å²) >= 11 is 5.55. The Hall–Kier alpha value is -0.610. The Bertz CT molecular complexity index is 361. The molecule has 0 unspecified atom stereocenters. The predicted molar refractivity (Wildman–Crippen MR) is 42.4 cm³/mol. The number of halogens is 1. The molecule has 0 spiro atoms. The lowest BCUT2D eigenvalue weighted by Gasteiger charge is -1.95. The lowest BCUT2D eigenvalue weighted by atomic mass is 10.5. The van der Waals surface area contributed by atoms with E-state index in [9.17, 15) is 8.42 Å². The molecule has 1 aromatic rings. The summed E-state index contributed by atoms with van der Waals surface area (Å²) < 4.78 is 21.7. The van der Waals surface area contributed by atoms with Crippen molar-refractivity contribution < 1.29 is 8.42 Å². The molecule has 1 rings (SSSR count). The molecule has 0 saturated carbocycles. The topological polar surface area (TPSA) is 47.0 Å². The third-order valence-electron chi connectivity index (χ3n) is 1.08. The van der Waals surface area contributed by atoms with E-state index in [1.54, 1.807) is 0 Å². The highest BCUT2D eigenvalue weighted by Crippen LogP contribution is 2.11. The highest BCUT2D eigenvalue weighted by atomic mass is 35.5. The van der Waals surface area contributed by atoms with Gasteiger partial charge in [-0.25, -0.2) is 13.4 Å². The molecule has 0 saturated heterocycles. The van der Waals surface area contributed by atoms with E-state index in [2.05, 4.69) is 4.98 Å². The third-order valence-corrected chi connectivity index (χ3v) is 2.29. The average molecular weight is 192 g/mol. The van der Waals surface area contributed by atoms with Crippen LogP contribution in [-0.2, 0) is 9.84 Å². The second kappa shape index (κ2) is 2.79. The molecule has 0 bridgehead atoms. The van der Waals surface area contributed by atoms with Gasteiger partial charge in [0.2, 0.25) is 0 Å². The number of pyridine rings is 1. The van der Waals surface area contributed by atoms with E-state index in [0.717, 1.165) is 6.26 Å². The van der Waals surface area contributed by atoms with Crippen LogP contribution in [-0.4, -0.2) is 19.7 Å². The zero-order chi connectivity index (χ0) is 8.48. The molecule has 1 aromatic heterocycles. The fourth-order valence-corrected chi connectivity index (χ4v) is 1.41. The molecule has 60 valence electrons. The molecule has 0 radical (unpaired) electrons. The zero-order valence-corrected chi connectivity index (χ0v) is 7.35. The van der Waals surface area contributed by atoms with Crippen LogP contribution in [0, 0.1) is 0 Å². The molecular formula is C6H6ClNO2S. The first-order chi connectivity index (χ1) is 5.00. The normalized spacial score (nSPS) is 11.5. The Morgan fingerprint density at radius 1 is 1.55 bits per heavy atom. The minimum atomic E-state index is -3.22. The van der Waals surface area contributed by atoms with Gasteiger partial charge in [0.1, 0.15) is 0 Å². The van der Waals surface area contributed by atoms with Crippen molar-refractivity contribution >= 4 is 21.4 Å². The number of rotatable bonds is 1. The molecule has 5 heteroatoms. The number of sulfone groups is 1. The minimum Gasteiger partial charge on any atom is -0.245 e. The Labute approximate surface area is 69.9 Å². The van der Waals surface area contributed by atoms with Gasteiger partial charge in [-0.1, -0.05) is 11.6 Å². The van der Waals surface area contributed by atoms with Gasteiger partial charge >= 0.3 is 0 Å². The fraction of sp³-hybridized carbons (Fsp3) is 0.167. The summed E-state index contributed by atoms with van der Waals surface area (Å²) in [7, 11) is -3.22. The molecule has 3 nitrogen and oxygen atoms in total. The van der Waals surface area contributed by atoms with Crippen LogP contribution in [0.15, 0.2) is 23.4 Å². The van der Waals surface area contributed by atoms with E-state index in [4.69, 9.17) is 11.6 Å². The molecular weight excluding hydrogens is 186 g/mol. The van der Waals surface area contributed by atoms with Gasteiger partial charge in [-0.15, -0.1) is 0 Å². The highest BCUT2D eigenvalue weighted by molar-refractivity contribution is 7.90. The smallest absolute Gasteiger partial charge is 0.192 e. The molecule has 1 heterocycles. The number of aromatic nitrogens is 1. The van der Waals surface area contributed by atoms with Crippen molar-refractivity contribution in [1.82, 2.24) is 4.98 Å². The van der Waals surface area contributed by atoms with Crippen LogP contribution >= 0.6 is 11.6 Å². The highest BCUT2D eigenvalue weighted by Gasteiger charge is 2.07. The van der Waals surface area contributed by atoms with Crippen molar-refractivity contribution in [3.63, 3.8) is 0 Å². The standard InChI is InChI=1S/C6H6ClNO2S/c1-11(9,10)6-4-5(7)2-3-8-6/h2-4H,1H3. The fourth-order valence-electron chi connectivity index (χ4n) is 0.588. The first kappa shape index (κ1) is 8.49. The van der Waals surface area contributed by atoms with Gasteiger partial charge in [0.15, 0.2) is 14.9 Å². The Morgan fingerprint density at radius 2 is 2.18 bits per heavy atom. The van der Waals surface area contributed by atoms with Crippen molar-refractivity contribution in [2.45, 2.75) is 5.03 Å². The van der Waals surface area contributed by atoms with Crippen LogP contribution in [0.25, 0.3) is 0 Å². The monoisotopic (exact) mass is 191 g/mol. The first-order valence-corrected chi connectivity index (χ1v) is 5.09. The van der Waals surface area contributed by atoms with Crippen LogP contribution in [0.1, 0.15) is 0 Å². The summed E-state index contributed by atoms with van der Waals surface area (Å²) in [5, 5.41) is 0.380. The lowest BCUT2D eigenvalue weighted by molar-refractivity contribution is 0.598. The Kier molecular flexibility index (Phi) is 2.15. The van der Waals surface area contributed by atoms with E-state index in [-0.39, 0.29) is 5.03 Å². The summed E-state index contributed by atoms with van der Waals surface area (Å²) in [6.45, 7) is 0. The summed E-state index contributed by atoms with van der Waals surface area (Å²) in [4.78, 5) is 3.64. The zero-order valence-electron chi connectivity index (χ0n) is 5.78. The molecule has 0 aliphatic heterocycles. The maximum atomic E-state index is 10.9. The summed E-state index contributed by atoms with van der Waals surface area (Å²) in [5.41, 5.74) is 0. The summed E-state index contributed by atoms with van der Waals surface area (Å²) in [5.74, 6) is 0. The number of nitrogens with zero attached hydrogens (tertiary/aromatic N) is 1. The van der Waals surface area contributed by atoms with Crippen molar-refractivity contribution in [2.75, 3.05) is 6.26 Å². The van der Waals surface area contributed by atoms with E-state index in [0.29, 0.717) is 5.02 Å².